The minimum Gasteiger partial charge on any atom is -0.342 e. The lowest BCUT2D eigenvalue weighted by Crippen LogP contribution is -2.39. The third-order valence-corrected chi connectivity index (χ3v) is 5.64. The second kappa shape index (κ2) is 4.84. The van der Waals surface area contributed by atoms with E-state index < -0.39 is 0 Å². The van der Waals surface area contributed by atoms with E-state index in [2.05, 4.69) is 11.8 Å². The molecule has 3 nitrogen and oxygen atoms in total. The molecule has 0 spiro atoms. The molecule has 18 heavy (non-hydrogen) atoms. The summed E-state index contributed by atoms with van der Waals surface area (Å²) in [6.45, 7) is 4.17. The van der Waals surface area contributed by atoms with E-state index in [1.165, 1.54) is 25.7 Å². The Labute approximate surface area is 110 Å². The van der Waals surface area contributed by atoms with Crippen molar-refractivity contribution in [1.82, 2.24) is 4.90 Å². The summed E-state index contributed by atoms with van der Waals surface area (Å²) < 4.78 is 0. The maximum absolute atomic E-state index is 12.6. The van der Waals surface area contributed by atoms with Crippen molar-refractivity contribution in [2.24, 2.45) is 29.4 Å². The first kappa shape index (κ1) is 12.5. The van der Waals surface area contributed by atoms with E-state index in [-0.39, 0.29) is 0 Å². The Hall–Kier alpha value is -0.570. The number of carbonyl (C=O) groups excluding carboxylic acids is 1. The average molecular weight is 250 g/mol. The predicted molar refractivity (Wildman–Crippen MR) is 71.9 cm³/mol. The number of hydrogen-bond acceptors (Lipinski definition) is 2. The van der Waals surface area contributed by atoms with Gasteiger partial charge in [0.1, 0.15) is 0 Å². The van der Waals surface area contributed by atoms with Crippen molar-refractivity contribution in [1.29, 1.82) is 0 Å². The molecular formula is C15H26N2O. The maximum atomic E-state index is 12.6. The highest BCUT2D eigenvalue weighted by Crippen LogP contribution is 2.38. The Morgan fingerprint density at radius 2 is 1.89 bits per heavy atom. The lowest BCUT2D eigenvalue weighted by molar-refractivity contribution is -0.135. The van der Waals surface area contributed by atoms with E-state index in [4.69, 9.17) is 5.73 Å². The molecule has 0 aromatic rings. The van der Waals surface area contributed by atoms with Crippen LogP contribution < -0.4 is 5.73 Å². The molecule has 2 N–H and O–H groups in total. The Balaban J connectivity index is 1.66. The summed E-state index contributed by atoms with van der Waals surface area (Å²) in [5, 5.41) is 0. The van der Waals surface area contributed by atoms with Crippen LogP contribution in [-0.4, -0.2) is 29.9 Å². The summed E-state index contributed by atoms with van der Waals surface area (Å²) in [5.74, 6) is 2.60. The summed E-state index contributed by atoms with van der Waals surface area (Å²) in [6, 6.07) is 0.336. The fourth-order valence-corrected chi connectivity index (χ4v) is 4.44. The van der Waals surface area contributed by atoms with Crippen LogP contribution in [0.25, 0.3) is 0 Å². The monoisotopic (exact) mass is 250 g/mol. The molecule has 0 radical (unpaired) electrons. The normalized spacial score (nSPS) is 44.1. The summed E-state index contributed by atoms with van der Waals surface area (Å²) in [5.41, 5.74) is 6.23. The SMILES string of the molecule is CC1CCCC1C(=O)N1CC2CCCC(N)C2C1. The van der Waals surface area contributed by atoms with Crippen molar-refractivity contribution < 1.29 is 4.79 Å². The van der Waals surface area contributed by atoms with E-state index >= 15 is 0 Å². The van der Waals surface area contributed by atoms with Gasteiger partial charge in [-0.2, -0.15) is 0 Å². The molecule has 5 unspecified atom stereocenters. The van der Waals surface area contributed by atoms with E-state index in [0.29, 0.717) is 35.6 Å². The van der Waals surface area contributed by atoms with Crippen LogP contribution in [0.2, 0.25) is 0 Å². The summed E-state index contributed by atoms with van der Waals surface area (Å²) in [7, 11) is 0. The molecule has 1 heterocycles. The smallest absolute Gasteiger partial charge is 0.225 e. The molecule has 102 valence electrons. The second-order valence-electron chi connectivity index (χ2n) is 6.78. The van der Waals surface area contributed by atoms with Crippen LogP contribution >= 0.6 is 0 Å². The Kier molecular flexibility index (Phi) is 3.35. The highest BCUT2D eigenvalue weighted by Gasteiger charge is 2.43. The molecule has 3 heteroatoms. The number of rotatable bonds is 1. The van der Waals surface area contributed by atoms with Crippen molar-refractivity contribution in [3.05, 3.63) is 0 Å². The Morgan fingerprint density at radius 1 is 1.11 bits per heavy atom. The molecule has 2 saturated carbocycles. The van der Waals surface area contributed by atoms with Crippen molar-refractivity contribution in [2.75, 3.05) is 13.1 Å². The molecule has 1 aliphatic heterocycles. The number of nitrogens with two attached hydrogens (primary N) is 1. The number of likely N-dealkylation sites (tertiary alicyclic amines) is 1. The fourth-order valence-electron chi connectivity index (χ4n) is 4.44. The zero-order valence-corrected chi connectivity index (χ0v) is 11.5. The predicted octanol–water partition coefficient (Wildman–Crippen LogP) is 2.01. The summed E-state index contributed by atoms with van der Waals surface area (Å²) in [6.07, 6.45) is 7.27. The van der Waals surface area contributed by atoms with Crippen LogP contribution in [0.4, 0.5) is 0 Å². The number of nitrogens with zero attached hydrogens (tertiary/aromatic N) is 1. The van der Waals surface area contributed by atoms with Gasteiger partial charge in [-0.05, 0) is 43.4 Å². The van der Waals surface area contributed by atoms with Gasteiger partial charge in [0.25, 0.3) is 0 Å². The zero-order chi connectivity index (χ0) is 12.7. The van der Waals surface area contributed by atoms with Gasteiger partial charge in [-0.25, -0.2) is 0 Å². The van der Waals surface area contributed by atoms with Crippen LogP contribution in [0.5, 0.6) is 0 Å². The molecule has 1 saturated heterocycles. The van der Waals surface area contributed by atoms with Gasteiger partial charge in [-0.3, -0.25) is 4.79 Å². The molecule has 0 aromatic heterocycles. The van der Waals surface area contributed by atoms with E-state index in [0.717, 1.165) is 25.9 Å². The number of carbonyl (C=O) groups is 1. The quantitative estimate of drug-likeness (QED) is 0.774. The van der Waals surface area contributed by atoms with Crippen LogP contribution in [0.15, 0.2) is 0 Å². The van der Waals surface area contributed by atoms with Gasteiger partial charge < -0.3 is 10.6 Å². The Morgan fingerprint density at radius 3 is 2.56 bits per heavy atom. The van der Waals surface area contributed by atoms with Crippen LogP contribution in [0.3, 0.4) is 0 Å². The maximum Gasteiger partial charge on any atom is 0.225 e. The van der Waals surface area contributed by atoms with E-state index in [1.807, 2.05) is 0 Å². The molecule has 5 atom stereocenters. The lowest BCUT2D eigenvalue weighted by atomic mass is 9.78. The van der Waals surface area contributed by atoms with Gasteiger partial charge in [0, 0.05) is 25.0 Å². The third-order valence-electron chi connectivity index (χ3n) is 5.64. The number of amides is 1. The van der Waals surface area contributed by atoms with E-state index in [1.54, 1.807) is 0 Å². The molecule has 3 rings (SSSR count). The van der Waals surface area contributed by atoms with Gasteiger partial charge in [0.2, 0.25) is 5.91 Å². The van der Waals surface area contributed by atoms with Crippen LogP contribution in [0.1, 0.15) is 45.4 Å². The fraction of sp³-hybridized carbons (Fsp3) is 0.933. The largest absolute Gasteiger partial charge is 0.342 e. The first-order valence-corrected chi connectivity index (χ1v) is 7.71. The molecular weight excluding hydrogens is 224 g/mol. The van der Waals surface area contributed by atoms with Crippen LogP contribution in [-0.2, 0) is 4.79 Å². The molecule has 3 aliphatic rings. The number of fused-ring (bicyclic) bond motifs is 1. The average Bonchev–Trinajstić information content (AvgIpc) is 2.95. The second-order valence-corrected chi connectivity index (χ2v) is 6.78. The summed E-state index contributed by atoms with van der Waals surface area (Å²) >= 11 is 0. The third kappa shape index (κ3) is 2.07. The molecule has 1 amide bonds. The lowest BCUT2D eigenvalue weighted by Gasteiger charge is -2.29. The first-order chi connectivity index (χ1) is 8.66. The molecule has 3 fully saturated rings. The molecule has 2 aliphatic carbocycles. The first-order valence-electron chi connectivity index (χ1n) is 7.71. The van der Waals surface area contributed by atoms with E-state index in [9.17, 15) is 4.79 Å². The van der Waals surface area contributed by atoms with Gasteiger partial charge >= 0.3 is 0 Å². The molecule has 0 bridgehead atoms. The minimum atomic E-state index is 0.307. The van der Waals surface area contributed by atoms with Crippen molar-refractivity contribution in [3.8, 4) is 0 Å². The zero-order valence-electron chi connectivity index (χ0n) is 11.5. The van der Waals surface area contributed by atoms with Gasteiger partial charge in [-0.1, -0.05) is 19.8 Å². The topological polar surface area (TPSA) is 46.3 Å². The number of hydrogen-bond donors (Lipinski definition) is 1. The minimum absolute atomic E-state index is 0.307. The van der Waals surface area contributed by atoms with Crippen molar-refractivity contribution in [3.63, 3.8) is 0 Å². The van der Waals surface area contributed by atoms with Gasteiger partial charge in [-0.15, -0.1) is 0 Å². The van der Waals surface area contributed by atoms with Crippen molar-refractivity contribution in [2.45, 2.75) is 51.5 Å². The van der Waals surface area contributed by atoms with Crippen molar-refractivity contribution >= 4 is 5.91 Å². The standard InChI is InChI=1S/C15H26N2O/c1-10-4-2-6-12(10)15(18)17-8-11-5-3-7-14(16)13(11)9-17/h10-14H,2-9,16H2,1H3. The Bertz CT molecular complexity index is 330. The van der Waals surface area contributed by atoms with Gasteiger partial charge in [0.15, 0.2) is 0 Å². The summed E-state index contributed by atoms with van der Waals surface area (Å²) in [4.78, 5) is 14.7. The highest BCUT2D eigenvalue weighted by atomic mass is 16.2. The van der Waals surface area contributed by atoms with Gasteiger partial charge in [0.05, 0.1) is 0 Å². The molecule has 0 aromatic carbocycles. The van der Waals surface area contributed by atoms with Crippen LogP contribution in [0, 0.1) is 23.7 Å². The highest BCUT2D eigenvalue weighted by molar-refractivity contribution is 5.79.